The highest BCUT2D eigenvalue weighted by atomic mass is 19.1. The molecule has 0 aromatic carbocycles. The fourth-order valence-corrected chi connectivity index (χ4v) is 1.17. The summed E-state index contributed by atoms with van der Waals surface area (Å²) in [5.74, 6) is -0.453. The largest absolute Gasteiger partial charge is 0.496 e. The number of esters is 1. The molecule has 1 radical (unpaired) electrons. The molecular weight excluding hydrogens is 213 g/mol. The van der Waals surface area contributed by atoms with Crippen LogP contribution in [0.4, 0.5) is 4.39 Å². The molecule has 0 fully saturated rings. The molecule has 0 spiro atoms. The van der Waals surface area contributed by atoms with Gasteiger partial charge in [-0.2, -0.15) is 5.26 Å². The van der Waals surface area contributed by atoms with E-state index >= 15 is 0 Å². The SMILES string of the molecule is COC(=O)CCOC1=C(C#N)C=C(F)[CH]C1. The Morgan fingerprint density at radius 3 is 3.06 bits per heavy atom. The van der Waals surface area contributed by atoms with E-state index in [-0.39, 0.29) is 31.0 Å². The lowest BCUT2D eigenvalue weighted by Gasteiger charge is -2.13. The van der Waals surface area contributed by atoms with Crippen molar-refractivity contribution in [1.82, 2.24) is 0 Å². The van der Waals surface area contributed by atoms with Gasteiger partial charge < -0.3 is 9.47 Å². The number of nitrogens with zero attached hydrogens (tertiary/aromatic N) is 1. The monoisotopic (exact) mass is 224 g/mol. The first-order valence-corrected chi connectivity index (χ1v) is 4.70. The topological polar surface area (TPSA) is 59.3 Å². The van der Waals surface area contributed by atoms with E-state index in [1.54, 1.807) is 0 Å². The Labute approximate surface area is 93.0 Å². The molecule has 0 unspecified atom stereocenters. The molecule has 0 saturated heterocycles. The van der Waals surface area contributed by atoms with Gasteiger partial charge in [0, 0.05) is 12.8 Å². The Morgan fingerprint density at radius 2 is 2.44 bits per heavy atom. The molecule has 0 amide bonds. The molecule has 0 aliphatic heterocycles. The number of methoxy groups -OCH3 is 1. The molecule has 85 valence electrons. The Hall–Kier alpha value is -1.83. The number of hydrogen-bond acceptors (Lipinski definition) is 4. The lowest BCUT2D eigenvalue weighted by atomic mass is 10.1. The third-order valence-corrected chi connectivity index (χ3v) is 2.00. The predicted octanol–water partition coefficient (Wildman–Crippen LogP) is 1.81. The van der Waals surface area contributed by atoms with Crippen LogP contribution in [0, 0.1) is 17.8 Å². The Balaban J connectivity index is 2.53. The van der Waals surface area contributed by atoms with Crippen molar-refractivity contribution in [1.29, 1.82) is 5.26 Å². The average molecular weight is 224 g/mol. The van der Waals surface area contributed by atoms with Crippen molar-refractivity contribution < 1.29 is 18.7 Å². The van der Waals surface area contributed by atoms with Crippen LogP contribution in [0.25, 0.3) is 0 Å². The maximum absolute atomic E-state index is 12.8. The number of hydrogen-bond donors (Lipinski definition) is 0. The van der Waals surface area contributed by atoms with Gasteiger partial charge in [-0.05, 0) is 6.08 Å². The van der Waals surface area contributed by atoms with Gasteiger partial charge in [-0.1, -0.05) is 0 Å². The van der Waals surface area contributed by atoms with Crippen molar-refractivity contribution in [3.05, 3.63) is 29.7 Å². The molecule has 0 aromatic rings. The first-order valence-electron chi connectivity index (χ1n) is 4.70. The van der Waals surface area contributed by atoms with E-state index in [9.17, 15) is 9.18 Å². The number of carbonyl (C=O) groups is 1. The Bertz CT molecular complexity index is 379. The van der Waals surface area contributed by atoms with Gasteiger partial charge in [-0.25, -0.2) is 4.39 Å². The predicted molar refractivity (Wildman–Crippen MR) is 53.3 cm³/mol. The molecule has 1 aliphatic carbocycles. The van der Waals surface area contributed by atoms with Crippen LogP contribution >= 0.6 is 0 Å². The van der Waals surface area contributed by atoms with E-state index < -0.39 is 5.83 Å². The van der Waals surface area contributed by atoms with E-state index in [0.29, 0.717) is 5.76 Å². The second-order valence-corrected chi connectivity index (χ2v) is 3.06. The number of nitriles is 1. The zero-order valence-corrected chi connectivity index (χ0v) is 8.83. The smallest absolute Gasteiger partial charge is 0.308 e. The van der Waals surface area contributed by atoms with Crippen molar-refractivity contribution >= 4 is 5.97 Å². The fraction of sp³-hybridized carbons (Fsp3) is 0.364. The van der Waals surface area contributed by atoms with E-state index in [1.165, 1.54) is 13.5 Å². The minimum Gasteiger partial charge on any atom is -0.496 e. The van der Waals surface area contributed by atoms with Crippen LogP contribution in [-0.4, -0.2) is 19.7 Å². The van der Waals surface area contributed by atoms with Crippen LogP contribution in [-0.2, 0) is 14.3 Å². The maximum Gasteiger partial charge on any atom is 0.308 e. The van der Waals surface area contributed by atoms with E-state index in [1.807, 2.05) is 6.07 Å². The third kappa shape index (κ3) is 3.39. The molecular formula is C11H11FNO3. The van der Waals surface area contributed by atoms with Crippen molar-refractivity contribution in [2.75, 3.05) is 13.7 Å². The molecule has 0 saturated carbocycles. The van der Waals surface area contributed by atoms with Crippen LogP contribution in [0.3, 0.4) is 0 Å². The van der Waals surface area contributed by atoms with Gasteiger partial charge in [0.05, 0.1) is 25.7 Å². The van der Waals surface area contributed by atoms with Gasteiger partial charge >= 0.3 is 5.97 Å². The summed E-state index contributed by atoms with van der Waals surface area (Å²) < 4.78 is 22.4. The average Bonchev–Trinajstić information content (AvgIpc) is 2.30. The van der Waals surface area contributed by atoms with Crippen molar-refractivity contribution in [2.45, 2.75) is 12.8 Å². The van der Waals surface area contributed by atoms with Gasteiger partial charge in [0.1, 0.15) is 17.7 Å². The quantitative estimate of drug-likeness (QED) is 0.683. The van der Waals surface area contributed by atoms with Crippen molar-refractivity contribution in [3.8, 4) is 6.07 Å². The molecule has 0 atom stereocenters. The molecule has 1 rings (SSSR count). The highest BCUT2D eigenvalue weighted by Gasteiger charge is 2.15. The van der Waals surface area contributed by atoms with E-state index in [4.69, 9.17) is 10.00 Å². The molecule has 4 nitrogen and oxygen atoms in total. The second kappa shape index (κ2) is 5.91. The Morgan fingerprint density at radius 1 is 1.69 bits per heavy atom. The van der Waals surface area contributed by atoms with E-state index in [0.717, 1.165) is 6.08 Å². The third-order valence-electron chi connectivity index (χ3n) is 2.00. The highest BCUT2D eigenvalue weighted by Crippen LogP contribution is 2.24. The highest BCUT2D eigenvalue weighted by molar-refractivity contribution is 5.69. The van der Waals surface area contributed by atoms with Crippen LogP contribution in [0.5, 0.6) is 0 Å². The number of carbonyl (C=O) groups excluding carboxylic acids is 1. The van der Waals surface area contributed by atoms with Crippen molar-refractivity contribution in [2.24, 2.45) is 0 Å². The van der Waals surface area contributed by atoms with Gasteiger partial charge in [0.25, 0.3) is 0 Å². The van der Waals surface area contributed by atoms with Crippen LogP contribution in [0.1, 0.15) is 12.8 Å². The molecule has 5 heteroatoms. The zero-order chi connectivity index (χ0) is 12.0. The summed E-state index contributed by atoms with van der Waals surface area (Å²) in [7, 11) is 1.29. The summed E-state index contributed by atoms with van der Waals surface area (Å²) in [4.78, 5) is 10.8. The van der Waals surface area contributed by atoms with E-state index in [2.05, 4.69) is 4.74 Å². The first kappa shape index (κ1) is 12.2. The summed E-state index contributed by atoms with van der Waals surface area (Å²) in [6.45, 7) is 0.122. The summed E-state index contributed by atoms with van der Waals surface area (Å²) in [6.07, 6.45) is 2.75. The number of rotatable bonds is 4. The number of ether oxygens (including phenoxy) is 2. The first-order chi connectivity index (χ1) is 7.67. The number of allylic oxidation sites excluding steroid dienone is 4. The zero-order valence-electron chi connectivity index (χ0n) is 8.83. The lowest BCUT2D eigenvalue weighted by Crippen LogP contribution is -2.08. The van der Waals surface area contributed by atoms with Gasteiger partial charge in [-0.15, -0.1) is 0 Å². The summed E-state index contributed by atoms with van der Waals surface area (Å²) >= 11 is 0. The molecule has 0 bridgehead atoms. The van der Waals surface area contributed by atoms with Gasteiger partial charge in [0.2, 0.25) is 0 Å². The van der Waals surface area contributed by atoms with Crippen LogP contribution in [0.2, 0.25) is 0 Å². The van der Waals surface area contributed by atoms with Crippen molar-refractivity contribution in [3.63, 3.8) is 0 Å². The summed E-state index contributed by atoms with van der Waals surface area (Å²) in [5.41, 5.74) is 0.157. The summed E-state index contributed by atoms with van der Waals surface area (Å²) in [5, 5.41) is 8.73. The van der Waals surface area contributed by atoms with Crippen LogP contribution in [0.15, 0.2) is 23.2 Å². The number of halogens is 1. The fourth-order valence-electron chi connectivity index (χ4n) is 1.17. The standard InChI is InChI=1S/C11H11FNO3/c1-15-11(14)4-5-16-10-3-2-9(12)6-8(10)7-13/h2,6H,3-5H2,1H3. The lowest BCUT2D eigenvalue weighted by molar-refractivity contribution is -0.141. The summed E-state index contributed by atoms with van der Waals surface area (Å²) in [6, 6.07) is 1.84. The second-order valence-electron chi connectivity index (χ2n) is 3.06. The normalized spacial score (nSPS) is 15.2. The maximum atomic E-state index is 12.8. The molecule has 1 aliphatic rings. The minimum absolute atomic E-state index is 0.102. The van der Waals surface area contributed by atoms with Gasteiger partial charge in [0.15, 0.2) is 0 Å². The molecule has 0 aromatic heterocycles. The molecule has 0 N–H and O–H groups in total. The van der Waals surface area contributed by atoms with Gasteiger partial charge in [-0.3, -0.25) is 4.79 Å². The van der Waals surface area contributed by atoms with Crippen LogP contribution < -0.4 is 0 Å². The Kier molecular flexibility index (Phi) is 4.52. The molecule has 0 heterocycles. The molecule has 16 heavy (non-hydrogen) atoms. The minimum atomic E-state index is -0.447.